The number of aliphatic imine (C=N–C) groups is 1. The Morgan fingerprint density at radius 3 is 2.58 bits per heavy atom. The summed E-state index contributed by atoms with van der Waals surface area (Å²) in [6.45, 7) is 7.35. The van der Waals surface area contributed by atoms with Crippen LogP contribution in [-0.2, 0) is 17.8 Å². The van der Waals surface area contributed by atoms with E-state index in [1.807, 2.05) is 17.8 Å². The molecule has 10 heteroatoms. The minimum absolute atomic E-state index is 0.127. The molecule has 2 aromatic carbocycles. The highest BCUT2D eigenvalue weighted by atomic mass is 16.7. The van der Waals surface area contributed by atoms with Crippen LogP contribution in [-0.4, -0.2) is 41.0 Å². The zero-order chi connectivity index (χ0) is 25.5. The van der Waals surface area contributed by atoms with E-state index in [0.717, 1.165) is 24.2 Å². The molecule has 0 saturated carbocycles. The fraction of sp³-hybridized carbons (Fsp3) is 0.308. The number of ether oxygens (including phenoxy) is 3. The number of nitrogens with zero attached hydrogens (tertiary/aromatic N) is 3. The molecule has 1 aromatic heterocycles. The van der Waals surface area contributed by atoms with Crippen LogP contribution < -0.4 is 20.1 Å². The maximum atomic E-state index is 13.0. The molecule has 1 amide bonds. The van der Waals surface area contributed by atoms with E-state index in [1.54, 1.807) is 49.4 Å². The van der Waals surface area contributed by atoms with Gasteiger partial charge in [-0.3, -0.25) is 14.8 Å². The number of benzene rings is 2. The Hall–Kier alpha value is -4.34. The summed E-state index contributed by atoms with van der Waals surface area (Å²) in [6, 6.07) is 11.7. The minimum atomic E-state index is -0.395. The third kappa shape index (κ3) is 6.01. The number of aromatic nitrogens is 2. The summed E-state index contributed by atoms with van der Waals surface area (Å²) in [5.74, 6) is 0.612. The van der Waals surface area contributed by atoms with Gasteiger partial charge in [-0.25, -0.2) is 9.79 Å². The summed E-state index contributed by atoms with van der Waals surface area (Å²) in [4.78, 5) is 29.6. The first-order valence-corrected chi connectivity index (χ1v) is 11.8. The van der Waals surface area contributed by atoms with Gasteiger partial charge in [-0.15, -0.1) is 0 Å². The number of esters is 1. The number of guanidine groups is 1. The Bertz CT molecular complexity index is 1270. The molecule has 188 valence electrons. The smallest absolute Gasteiger partial charge is 0.338 e. The monoisotopic (exact) mass is 491 g/mol. The summed E-state index contributed by atoms with van der Waals surface area (Å²) < 4.78 is 17.6. The number of aryl methyl sites for hydroxylation is 2. The van der Waals surface area contributed by atoms with E-state index in [1.165, 1.54) is 0 Å². The Kier molecular flexibility index (Phi) is 7.84. The molecule has 10 nitrogen and oxygen atoms in total. The van der Waals surface area contributed by atoms with E-state index in [9.17, 15) is 9.59 Å². The molecule has 2 N–H and O–H groups in total. The van der Waals surface area contributed by atoms with Crippen molar-refractivity contribution in [3.05, 3.63) is 71.0 Å². The van der Waals surface area contributed by atoms with Gasteiger partial charge >= 0.3 is 5.97 Å². The number of carbonyl (C=O) groups is 2. The van der Waals surface area contributed by atoms with Crippen molar-refractivity contribution in [1.82, 2.24) is 15.1 Å². The highest BCUT2D eigenvalue weighted by molar-refractivity contribution is 6.10. The fourth-order valence-corrected chi connectivity index (χ4v) is 3.59. The lowest BCUT2D eigenvalue weighted by Crippen LogP contribution is -2.36. The standard InChI is InChI=1S/C26H29N5O5/c1-4-12-31-15-20(17(3)30-31)14-27-26(28-21-9-6-18(7-10-21)25(33)34-5-2)29-24(32)19-8-11-22-23(13-19)36-16-35-22/h6-11,13,15H,4-5,12,14,16H2,1-3H3,(H2,27,28,29,32). The summed E-state index contributed by atoms with van der Waals surface area (Å²) in [5.41, 5.74) is 3.32. The summed E-state index contributed by atoms with van der Waals surface area (Å²) >= 11 is 0. The number of hydrogen-bond donors (Lipinski definition) is 2. The second-order valence-corrected chi connectivity index (χ2v) is 8.11. The van der Waals surface area contributed by atoms with Gasteiger partial charge in [0.2, 0.25) is 12.8 Å². The van der Waals surface area contributed by atoms with E-state index in [-0.39, 0.29) is 18.7 Å². The van der Waals surface area contributed by atoms with Crippen LogP contribution in [0.15, 0.2) is 53.7 Å². The molecule has 2 heterocycles. The Morgan fingerprint density at radius 1 is 1.08 bits per heavy atom. The van der Waals surface area contributed by atoms with Crippen LogP contribution >= 0.6 is 0 Å². The normalized spacial score (nSPS) is 12.4. The third-order valence-corrected chi connectivity index (χ3v) is 5.43. The van der Waals surface area contributed by atoms with Crippen molar-refractivity contribution >= 4 is 23.5 Å². The number of anilines is 1. The van der Waals surface area contributed by atoms with E-state index >= 15 is 0 Å². The first kappa shape index (κ1) is 24.8. The predicted molar refractivity (Wildman–Crippen MR) is 134 cm³/mol. The molecule has 0 radical (unpaired) electrons. The van der Waals surface area contributed by atoms with Gasteiger partial charge in [0, 0.05) is 29.6 Å². The molecule has 0 spiro atoms. The van der Waals surface area contributed by atoms with E-state index in [0.29, 0.717) is 41.5 Å². The minimum Gasteiger partial charge on any atom is -0.462 e. The van der Waals surface area contributed by atoms with Gasteiger partial charge in [0.05, 0.1) is 24.4 Å². The first-order chi connectivity index (χ1) is 17.5. The van der Waals surface area contributed by atoms with E-state index in [4.69, 9.17) is 14.2 Å². The average Bonchev–Trinajstić information content (AvgIpc) is 3.48. The average molecular weight is 492 g/mol. The highest BCUT2D eigenvalue weighted by Crippen LogP contribution is 2.32. The third-order valence-electron chi connectivity index (χ3n) is 5.43. The van der Waals surface area contributed by atoms with Crippen LogP contribution in [0.5, 0.6) is 11.5 Å². The summed E-state index contributed by atoms with van der Waals surface area (Å²) in [6.07, 6.45) is 2.94. The van der Waals surface area contributed by atoms with E-state index in [2.05, 4.69) is 27.6 Å². The zero-order valence-electron chi connectivity index (χ0n) is 20.5. The molecule has 0 bridgehead atoms. The van der Waals surface area contributed by atoms with Crippen molar-refractivity contribution in [2.45, 2.75) is 40.3 Å². The first-order valence-electron chi connectivity index (χ1n) is 11.8. The van der Waals surface area contributed by atoms with Gasteiger partial charge in [-0.2, -0.15) is 5.10 Å². The summed E-state index contributed by atoms with van der Waals surface area (Å²) in [5, 5.41) is 10.5. The lowest BCUT2D eigenvalue weighted by Gasteiger charge is -2.12. The van der Waals surface area contributed by atoms with E-state index < -0.39 is 5.97 Å². The Balaban J connectivity index is 1.54. The van der Waals surface area contributed by atoms with Crippen LogP contribution in [0, 0.1) is 6.92 Å². The van der Waals surface area contributed by atoms with Crippen LogP contribution in [0.25, 0.3) is 0 Å². The van der Waals surface area contributed by atoms with Crippen LogP contribution in [0.2, 0.25) is 0 Å². The van der Waals surface area contributed by atoms with Gasteiger partial charge in [0.1, 0.15) is 0 Å². The number of nitrogens with one attached hydrogen (secondary N) is 2. The van der Waals surface area contributed by atoms with Crippen LogP contribution in [0.1, 0.15) is 52.2 Å². The quantitative estimate of drug-likeness (QED) is 0.279. The molecule has 1 aliphatic rings. The van der Waals surface area contributed by atoms with Crippen molar-refractivity contribution in [3.63, 3.8) is 0 Å². The predicted octanol–water partition coefficient (Wildman–Crippen LogP) is 3.91. The van der Waals surface area contributed by atoms with Gasteiger partial charge < -0.3 is 19.5 Å². The van der Waals surface area contributed by atoms with Crippen molar-refractivity contribution in [2.24, 2.45) is 4.99 Å². The SMILES string of the molecule is CCCn1cc(CN=C(NC(=O)c2ccc3c(c2)OCO3)Nc2ccc(C(=O)OCC)cc2)c(C)n1. The molecule has 4 rings (SSSR count). The second kappa shape index (κ2) is 11.4. The fourth-order valence-electron chi connectivity index (χ4n) is 3.59. The van der Waals surface area contributed by atoms with Gasteiger partial charge in [0.25, 0.3) is 5.91 Å². The molecule has 0 fully saturated rings. The van der Waals surface area contributed by atoms with Crippen molar-refractivity contribution in [3.8, 4) is 11.5 Å². The Morgan fingerprint density at radius 2 is 1.83 bits per heavy atom. The lowest BCUT2D eigenvalue weighted by atomic mass is 10.2. The molecule has 1 aliphatic heterocycles. The number of carbonyl (C=O) groups excluding carboxylic acids is 2. The number of fused-ring (bicyclic) bond motifs is 1. The maximum absolute atomic E-state index is 13.0. The Labute approximate surface area is 209 Å². The van der Waals surface area contributed by atoms with Gasteiger partial charge in [0.15, 0.2) is 11.5 Å². The lowest BCUT2D eigenvalue weighted by molar-refractivity contribution is 0.0526. The van der Waals surface area contributed by atoms with Crippen molar-refractivity contribution in [2.75, 3.05) is 18.7 Å². The van der Waals surface area contributed by atoms with Crippen molar-refractivity contribution < 1.29 is 23.8 Å². The molecule has 0 saturated heterocycles. The largest absolute Gasteiger partial charge is 0.462 e. The number of amides is 1. The molecule has 3 aromatic rings. The van der Waals surface area contributed by atoms with Crippen molar-refractivity contribution in [1.29, 1.82) is 0 Å². The zero-order valence-corrected chi connectivity index (χ0v) is 20.5. The highest BCUT2D eigenvalue weighted by Gasteiger charge is 2.17. The second-order valence-electron chi connectivity index (χ2n) is 8.11. The molecular formula is C26H29N5O5. The molecule has 0 aliphatic carbocycles. The van der Waals surface area contributed by atoms with Crippen LogP contribution in [0.4, 0.5) is 5.69 Å². The van der Waals surface area contributed by atoms with Crippen LogP contribution in [0.3, 0.4) is 0 Å². The molecule has 36 heavy (non-hydrogen) atoms. The summed E-state index contributed by atoms with van der Waals surface area (Å²) in [7, 11) is 0. The number of hydrogen-bond acceptors (Lipinski definition) is 7. The van der Waals surface area contributed by atoms with Gasteiger partial charge in [-0.05, 0) is 62.7 Å². The molecule has 0 atom stereocenters. The van der Waals surface area contributed by atoms with Gasteiger partial charge in [-0.1, -0.05) is 6.92 Å². The topological polar surface area (TPSA) is 116 Å². The molecular weight excluding hydrogens is 462 g/mol. The molecule has 0 unspecified atom stereocenters. The number of rotatable bonds is 8. The maximum Gasteiger partial charge on any atom is 0.338 e.